The van der Waals surface area contributed by atoms with Crippen LogP contribution in [0.1, 0.15) is 35.7 Å². The van der Waals surface area contributed by atoms with Crippen molar-refractivity contribution >= 4 is 17.6 Å². The van der Waals surface area contributed by atoms with Crippen LogP contribution in [0.5, 0.6) is 0 Å². The monoisotopic (exact) mass is 395 g/mol. The van der Waals surface area contributed by atoms with Crippen LogP contribution in [0.15, 0.2) is 54.6 Å². The van der Waals surface area contributed by atoms with Crippen LogP contribution in [0.4, 0.5) is 5.69 Å². The van der Waals surface area contributed by atoms with Crippen LogP contribution in [0, 0.1) is 0 Å². The fourth-order valence-electron chi connectivity index (χ4n) is 3.86. The maximum Gasteiger partial charge on any atom is 0.317 e. The Labute approximate surface area is 172 Å². The van der Waals surface area contributed by atoms with Gasteiger partial charge in [0.1, 0.15) is 0 Å². The van der Waals surface area contributed by atoms with Gasteiger partial charge in [0.2, 0.25) is 0 Å². The van der Waals surface area contributed by atoms with E-state index in [4.69, 9.17) is 5.11 Å². The lowest BCUT2D eigenvalue weighted by Gasteiger charge is -2.37. The number of piperidine rings is 1. The van der Waals surface area contributed by atoms with Crippen molar-refractivity contribution in [1.29, 1.82) is 0 Å². The molecule has 154 valence electrons. The third-order valence-electron chi connectivity index (χ3n) is 5.47. The Kier molecular flexibility index (Phi) is 7.38. The lowest BCUT2D eigenvalue weighted by Crippen LogP contribution is -2.46. The molecule has 1 heterocycles. The zero-order valence-corrected chi connectivity index (χ0v) is 16.9. The predicted molar refractivity (Wildman–Crippen MR) is 114 cm³/mol. The molecular formula is C23H29N3O3. The number of carbonyl (C=O) groups excluding carboxylic acids is 1. The van der Waals surface area contributed by atoms with Crippen LogP contribution in [-0.4, -0.2) is 59.0 Å². The van der Waals surface area contributed by atoms with Gasteiger partial charge in [0.15, 0.2) is 0 Å². The molecule has 0 unspecified atom stereocenters. The fourth-order valence-corrected chi connectivity index (χ4v) is 3.86. The highest BCUT2D eigenvalue weighted by Crippen LogP contribution is 2.19. The van der Waals surface area contributed by atoms with E-state index < -0.39 is 5.97 Å². The number of hydrogen-bond donors (Lipinski definition) is 2. The summed E-state index contributed by atoms with van der Waals surface area (Å²) >= 11 is 0. The number of para-hydroxylation sites is 1. The maximum absolute atomic E-state index is 12.4. The Morgan fingerprint density at radius 3 is 2.31 bits per heavy atom. The summed E-state index contributed by atoms with van der Waals surface area (Å²) in [5.74, 6) is -0.868. The van der Waals surface area contributed by atoms with Gasteiger partial charge in [0.25, 0.3) is 5.91 Å². The van der Waals surface area contributed by atoms with Crippen molar-refractivity contribution < 1.29 is 14.7 Å². The molecule has 3 rings (SSSR count). The van der Waals surface area contributed by atoms with E-state index in [1.807, 2.05) is 61.5 Å². The van der Waals surface area contributed by atoms with Crippen LogP contribution >= 0.6 is 0 Å². The maximum atomic E-state index is 12.4. The number of rotatable bonds is 8. The zero-order chi connectivity index (χ0) is 20.6. The predicted octanol–water partition coefficient (Wildman–Crippen LogP) is 3.31. The molecule has 2 aromatic carbocycles. The van der Waals surface area contributed by atoms with Crippen molar-refractivity contribution in [1.82, 2.24) is 9.80 Å². The van der Waals surface area contributed by atoms with Crippen LogP contribution in [0.2, 0.25) is 0 Å². The largest absolute Gasteiger partial charge is 0.480 e. The van der Waals surface area contributed by atoms with E-state index in [0.29, 0.717) is 11.6 Å². The topological polar surface area (TPSA) is 72.9 Å². The highest BCUT2D eigenvalue weighted by Gasteiger charge is 2.25. The minimum absolute atomic E-state index is 0.110. The number of likely N-dealkylation sites (N-methyl/N-ethyl adjacent to an activating group) is 1. The van der Waals surface area contributed by atoms with Gasteiger partial charge in [-0.25, -0.2) is 0 Å². The number of nitrogens with zero attached hydrogens (tertiary/aromatic N) is 2. The average Bonchev–Trinajstić information content (AvgIpc) is 2.74. The first-order chi connectivity index (χ1) is 14.0. The first kappa shape index (κ1) is 21.0. The Morgan fingerprint density at radius 1 is 1.07 bits per heavy atom. The summed E-state index contributed by atoms with van der Waals surface area (Å²) in [5, 5.41) is 12.0. The van der Waals surface area contributed by atoms with E-state index in [1.54, 1.807) is 0 Å². The molecule has 1 aliphatic heterocycles. The Hall–Kier alpha value is -2.70. The molecule has 6 heteroatoms. The van der Waals surface area contributed by atoms with Crippen LogP contribution in [0.25, 0.3) is 0 Å². The number of nitrogens with one attached hydrogen (secondary N) is 1. The Bertz CT molecular complexity index is 800. The first-order valence-corrected chi connectivity index (χ1v) is 10.2. The summed E-state index contributed by atoms with van der Waals surface area (Å²) in [6, 6.07) is 17.5. The quantitative estimate of drug-likeness (QED) is 0.717. The van der Waals surface area contributed by atoms with Gasteiger partial charge in [-0.2, -0.15) is 0 Å². The fraction of sp³-hybridized carbons (Fsp3) is 0.391. The normalized spacial score (nSPS) is 15.4. The summed E-state index contributed by atoms with van der Waals surface area (Å²) in [4.78, 5) is 27.8. The second kappa shape index (κ2) is 10.2. The van der Waals surface area contributed by atoms with E-state index in [1.165, 1.54) is 5.56 Å². The van der Waals surface area contributed by atoms with Crippen molar-refractivity contribution in [2.24, 2.45) is 0 Å². The smallest absolute Gasteiger partial charge is 0.317 e. The second-order valence-electron chi connectivity index (χ2n) is 7.48. The third kappa shape index (κ3) is 6.14. The van der Waals surface area contributed by atoms with E-state index in [9.17, 15) is 9.59 Å². The molecule has 1 saturated heterocycles. The van der Waals surface area contributed by atoms with Gasteiger partial charge in [-0.15, -0.1) is 0 Å². The van der Waals surface area contributed by atoms with E-state index in [-0.39, 0.29) is 12.5 Å². The molecule has 0 aromatic heterocycles. The summed E-state index contributed by atoms with van der Waals surface area (Å²) in [7, 11) is 0. The van der Waals surface area contributed by atoms with Crippen molar-refractivity contribution in [3.63, 3.8) is 0 Å². The number of benzene rings is 2. The second-order valence-corrected chi connectivity index (χ2v) is 7.48. The van der Waals surface area contributed by atoms with Crippen molar-refractivity contribution in [3.8, 4) is 0 Å². The molecule has 6 nitrogen and oxygen atoms in total. The summed E-state index contributed by atoms with van der Waals surface area (Å²) in [5.41, 5.74) is 2.61. The molecular weight excluding hydrogens is 366 g/mol. The number of aliphatic carboxylic acids is 1. The molecule has 0 aliphatic carbocycles. The molecule has 29 heavy (non-hydrogen) atoms. The van der Waals surface area contributed by atoms with Crippen LogP contribution in [-0.2, 0) is 11.3 Å². The SMILES string of the molecule is CCN(CC(=O)O)C1CCN(Cc2ccc(C(=O)Nc3ccccc3)cc2)CC1. The number of likely N-dealkylation sites (tertiary alicyclic amines) is 1. The number of carboxylic acid groups (broad SMARTS) is 1. The molecule has 0 bridgehead atoms. The average molecular weight is 396 g/mol. The van der Waals surface area contributed by atoms with E-state index in [0.717, 1.165) is 44.7 Å². The van der Waals surface area contributed by atoms with Crippen molar-refractivity contribution in [3.05, 3.63) is 65.7 Å². The lowest BCUT2D eigenvalue weighted by atomic mass is 10.0. The van der Waals surface area contributed by atoms with Gasteiger partial charge in [-0.05, 0) is 62.3 Å². The van der Waals surface area contributed by atoms with Gasteiger partial charge in [-0.3, -0.25) is 19.4 Å². The van der Waals surface area contributed by atoms with Gasteiger partial charge in [-0.1, -0.05) is 37.3 Å². The molecule has 1 amide bonds. The van der Waals surface area contributed by atoms with E-state index >= 15 is 0 Å². The minimum Gasteiger partial charge on any atom is -0.480 e. The molecule has 1 fully saturated rings. The number of carboxylic acids is 1. The number of carbonyl (C=O) groups is 2. The molecule has 2 N–H and O–H groups in total. The van der Waals surface area contributed by atoms with Gasteiger partial charge in [0, 0.05) is 23.8 Å². The first-order valence-electron chi connectivity index (χ1n) is 10.2. The summed E-state index contributed by atoms with van der Waals surface area (Å²) < 4.78 is 0. The number of anilines is 1. The highest BCUT2D eigenvalue weighted by atomic mass is 16.4. The Balaban J connectivity index is 1.49. The van der Waals surface area contributed by atoms with E-state index in [2.05, 4.69) is 15.1 Å². The van der Waals surface area contributed by atoms with Crippen molar-refractivity contribution in [2.75, 3.05) is 31.5 Å². The van der Waals surface area contributed by atoms with Gasteiger partial charge in [0.05, 0.1) is 6.54 Å². The lowest BCUT2D eigenvalue weighted by molar-refractivity contribution is -0.139. The standard InChI is InChI=1S/C23H29N3O3/c1-2-26(17-22(27)28)21-12-14-25(15-13-21)16-18-8-10-19(11-9-18)23(29)24-20-6-4-3-5-7-20/h3-11,21H,2,12-17H2,1H3,(H,24,29)(H,27,28). The molecule has 1 aliphatic rings. The molecule has 0 atom stereocenters. The molecule has 0 spiro atoms. The van der Waals surface area contributed by atoms with Crippen molar-refractivity contribution in [2.45, 2.75) is 32.4 Å². The molecule has 0 saturated carbocycles. The molecule has 0 radical (unpaired) electrons. The Morgan fingerprint density at radius 2 is 1.72 bits per heavy atom. The van der Waals surface area contributed by atoms with Gasteiger partial charge >= 0.3 is 5.97 Å². The summed E-state index contributed by atoms with van der Waals surface area (Å²) in [6.45, 7) is 5.66. The number of hydrogen-bond acceptors (Lipinski definition) is 4. The third-order valence-corrected chi connectivity index (χ3v) is 5.47. The zero-order valence-electron chi connectivity index (χ0n) is 16.9. The highest BCUT2D eigenvalue weighted by molar-refractivity contribution is 6.04. The van der Waals surface area contributed by atoms with Gasteiger partial charge < -0.3 is 10.4 Å². The summed E-state index contributed by atoms with van der Waals surface area (Å²) in [6.07, 6.45) is 1.97. The number of amides is 1. The van der Waals surface area contributed by atoms with Crippen LogP contribution in [0.3, 0.4) is 0 Å². The minimum atomic E-state index is -0.759. The molecule has 2 aromatic rings. The van der Waals surface area contributed by atoms with Crippen LogP contribution < -0.4 is 5.32 Å².